The zero-order valence-corrected chi connectivity index (χ0v) is 9.66. The van der Waals surface area contributed by atoms with Crippen LogP contribution >= 0.6 is 0 Å². The molecule has 0 saturated heterocycles. The summed E-state index contributed by atoms with van der Waals surface area (Å²) in [6.45, 7) is 2.23. The van der Waals surface area contributed by atoms with Gasteiger partial charge in [-0.15, -0.1) is 0 Å². The van der Waals surface area contributed by atoms with Crippen LogP contribution in [0.15, 0.2) is 18.3 Å². The van der Waals surface area contributed by atoms with Crippen molar-refractivity contribution >= 4 is 0 Å². The zero-order chi connectivity index (χ0) is 11.4. The van der Waals surface area contributed by atoms with E-state index in [0.717, 1.165) is 18.8 Å². The van der Waals surface area contributed by atoms with Crippen molar-refractivity contribution in [1.82, 2.24) is 4.98 Å². The summed E-state index contributed by atoms with van der Waals surface area (Å²) in [6.07, 6.45) is 7.32. The summed E-state index contributed by atoms with van der Waals surface area (Å²) in [7, 11) is 0. The fraction of sp³-hybridized carbons (Fsp3) is 0.615. The lowest BCUT2D eigenvalue weighted by atomic mass is 9.86. The van der Waals surface area contributed by atoms with Crippen LogP contribution in [-0.2, 0) is 0 Å². The Labute approximate surface area is 95.8 Å². The number of ether oxygens (including phenoxy) is 1. The summed E-state index contributed by atoms with van der Waals surface area (Å²) >= 11 is 0. The average molecular weight is 223 g/mol. The van der Waals surface area contributed by atoms with Gasteiger partial charge in [0.1, 0.15) is 0 Å². The first-order chi connectivity index (χ1) is 7.79. The SMILES string of the molecule is CCC1CCC(Oc2cccnc2F)CC1. The molecule has 0 amide bonds. The standard InChI is InChI=1S/C13H18FNO/c1-2-10-5-7-11(8-6-10)16-12-4-3-9-15-13(12)14/h3-4,9-11H,2,5-8H2,1H3. The number of nitrogens with zero attached hydrogens (tertiary/aromatic N) is 1. The third kappa shape index (κ3) is 2.71. The van der Waals surface area contributed by atoms with Gasteiger partial charge in [-0.3, -0.25) is 0 Å². The predicted molar refractivity (Wildman–Crippen MR) is 60.9 cm³/mol. The monoisotopic (exact) mass is 223 g/mol. The Morgan fingerprint density at radius 2 is 2.12 bits per heavy atom. The molecule has 1 aliphatic carbocycles. The van der Waals surface area contributed by atoms with Crippen molar-refractivity contribution < 1.29 is 9.13 Å². The molecule has 1 saturated carbocycles. The Morgan fingerprint density at radius 3 is 2.75 bits per heavy atom. The van der Waals surface area contributed by atoms with Crippen molar-refractivity contribution in [2.45, 2.75) is 45.1 Å². The van der Waals surface area contributed by atoms with E-state index in [1.807, 2.05) is 0 Å². The van der Waals surface area contributed by atoms with Gasteiger partial charge in [-0.25, -0.2) is 4.98 Å². The molecule has 0 unspecified atom stereocenters. The molecule has 0 spiro atoms. The van der Waals surface area contributed by atoms with Crippen LogP contribution in [0.5, 0.6) is 5.75 Å². The van der Waals surface area contributed by atoms with Gasteiger partial charge in [-0.1, -0.05) is 13.3 Å². The maximum absolute atomic E-state index is 13.3. The second kappa shape index (κ2) is 5.28. The van der Waals surface area contributed by atoms with Crippen molar-refractivity contribution in [3.05, 3.63) is 24.3 Å². The molecule has 0 N–H and O–H groups in total. The fourth-order valence-corrected chi connectivity index (χ4v) is 2.30. The van der Waals surface area contributed by atoms with E-state index in [9.17, 15) is 4.39 Å². The number of halogens is 1. The molecule has 0 radical (unpaired) electrons. The fourth-order valence-electron chi connectivity index (χ4n) is 2.30. The minimum Gasteiger partial charge on any atom is -0.486 e. The van der Waals surface area contributed by atoms with E-state index in [-0.39, 0.29) is 6.10 Å². The Balaban J connectivity index is 1.89. The summed E-state index contributed by atoms with van der Waals surface area (Å²) in [5, 5.41) is 0. The first kappa shape index (κ1) is 11.4. The van der Waals surface area contributed by atoms with Crippen LogP contribution in [0.25, 0.3) is 0 Å². The highest BCUT2D eigenvalue weighted by Crippen LogP contribution is 2.29. The van der Waals surface area contributed by atoms with E-state index in [1.165, 1.54) is 25.5 Å². The van der Waals surface area contributed by atoms with Crippen molar-refractivity contribution in [3.63, 3.8) is 0 Å². The molecule has 1 aromatic rings. The molecule has 1 aromatic heterocycles. The van der Waals surface area contributed by atoms with Gasteiger partial charge >= 0.3 is 0 Å². The molecule has 3 heteroatoms. The van der Waals surface area contributed by atoms with Crippen LogP contribution in [-0.4, -0.2) is 11.1 Å². The molecule has 16 heavy (non-hydrogen) atoms. The molecule has 0 aliphatic heterocycles. The van der Waals surface area contributed by atoms with E-state index in [1.54, 1.807) is 12.1 Å². The summed E-state index contributed by atoms with van der Waals surface area (Å²) in [5.74, 6) is 0.626. The third-order valence-electron chi connectivity index (χ3n) is 3.39. The summed E-state index contributed by atoms with van der Waals surface area (Å²) < 4.78 is 18.9. The largest absolute Gasteiger partial charge is 0.486 e. The van der Waals surface area contributed by atoms with Gasteiger partial charge in [0, 0.05) is 6.20 Å². The lowest BCUT2D eigenvalue weighted by Gasteiger charge is -2.28. The molecule has 1 heterocycles. The van der Waals surface area contributed by atoms with Gasteiger partial charge in [0.2, 0.25) is 0 Å². The van der Waals surface area contributed by atoms with Gasteiger partial charge < -0.3 is 4.74 Å². The van der Waals surface area contributed by atoms with E-state index < -0.39 is 5.95 Å². The van der Waals surface area contributed by atoms with Gasteiger partial charge in [0.15, 0.2) is 5.75 Å². The lowest BCUT2D eigenvalue weighted by Crippen LogP contribution is -2.24. The van der Waals surface area contributed by atoms with Crippen molar-refractivity contribution in [2.24, 2.45) is 5.92 Å². The molecule has 0 aromatic carbocycles. The molecular formula is C13H18FNO. The molecule has 2 nitrogen and oxygen atoms in total. The minimum absolute atomic E-state index is 0.168. The first-order valence-electron chi connectivity index (χ1n) is 6.06. The Kier molecular flexibility index (Phi) is 3.75. The molecule has 1 aliphatic rings. The summed E-state index contributed by atoms with van der Waals surface area (Å²) in [6, 6.07) is 3.35. The Morgan fingerprint density at radius 1 is 1.38 bits per heavy atom. The second-order valence-corrected chi connectivity index (χ2v) is 4.46. The van der Waals surface area contributed by atoms with E-state index >= 15 is 0 Å². The third-order valence-corrected chi connectivity index (χ3v) is 3.39. The normalized spacial score (nSPS) is 25.4. The van der Waals surface area contributed by atoms with E-state index in [0.29, 0.717) is 5.75 Å². The minimum atomic E-state index is -0.500. The second-order valence-electron chi connectivity index (χ2n) is 4.46. The lowest BCUT2D eigenvalue weighted by molar-refractivity contribution is 0.124. The Hall–Kier alpha value is -1.12. The number of rotatable bonds is 3. The maximum atomic E-state index is 13.3. The molecule has 2 rings (SSSR count). The zero-order valence-electron chi connectivity index (χ0n) is 9.66. The number of hydrogen-bond donors (Lipinski definition) is 0. The average Bonchev–Trinajstić information content (AvgIpc) is 2.33. The maximum Gasteiger partial charge on any atom is 0.255 e. The highest BCUT2D eigenvalue weighted by molar-refractivity contribution is 5.18. The van der Waals surface area contributed by atoms with Crippen molar-refractivity contribution in [3.8, 4) is 5.75 Å². The summed E-state index contributed by atoms with van der Waals surface area (Å²) in [4.78, 5) is 3.58. The molecular weight excluding hydrogens is 205 g/mol. The number of aromatic nitrogens is 1. The topological polar surface area (TPSA) is 22.1 Å². The Bertz CT molecular complexity index is 334. The van der Waals surface area contributed by atoms with Gasteiger partial charge in [-0.2, -0.15) is 4.39 Å². The highest BCUT2D eigenvalue weighted by Gasteiger charge is 2.22. The smallest absolute Gasteiger partial charge is 0.255 e. The number of hydrogen-bond acceptors (Lipinski definition) is 2. The van der Waals surface area contributed by atoms with Crippen LogP contribution in [0.1, 0.15) is 39.0 Å². The van der Waals surface area contributed by atoms with Gasteiger partial charge in [0.25, 0.3) is 5.95 Å². The van der Waals surface area contributed by atoms with Crippen molar-refractivity contribution in [2.75, 3.05) is 0 Å². The van der Waals surface area contributed by atoms with E-state index in [2.05, 4.69) is 11.9 Å². The molecule has 0 bridgehead atoms. The van der Waals surface area contributed by atoms with E-state index in [4.69, 9.17) is 4.74 Å². The van der Waals surface area contributed by atoms with Crippen LogP contribution in [0.2, 0.25) is 0 Å². The van der Waals surface area contributed by atoms with Crippen LogP contribution < -0.4 is 4.74 Å². The van der Waals surface area contributed by atoms with Gasteiger partial charge in [0.05, 0.1) is 6.10 Å². The van der Waals surface area contributed by atoms with Gasteiger partial charge in [-0.05, 0) is 43.7 Å². The van der Waals surface area contributed by atoms with Crippen molar-refractivity contribution in [1.29, 1.82) is 0 Å². The predicted octanol–water partition coefficient (Wildman–Crippen LogP) is 3.57. The molecule has 88 valence electrons. The summed E-state index contributed by atoms with van der Waals surface area (Å²) in [5.41, 5.74) is 0. The molecule has 0 atom stereocenters. The first-order valence-corrected chi connectivity index (χ1v) is 6.06. The van der Waals surface area contributed by atoms with Crippen LogP contribution in [0.3, 0.4) is 0 Å². The highest BCUT2D eigenvalue weighted by atomic mass is 19.1. The van der Waals surface area contributed by atoms with Crippen LogP contribution in [0, 0.1) is 11.9 Å². The van der Waals surface area contributed by atoms with Crippen LogP contribution in [0.4, 0.5) is 4.39 Å². The quantitative estimate of drug-likeness (QED) is 0.731. The molecule has 1 fully saturated rings. The number of pyridine rings is 1.